The van der Waals surface area contributed by atoms with Crippen molar-refractivity contribution in [3.8, 4) is 0 Å². The Morgan fingerprint density at radius 2 is 0.474 bits per heavy atom. The van der Waals surface area contributed by atoms with Gasteiger partial charge in [0.15, 0.2) is 0 Å². The van der Waals surface area contributed by atoms with Gasteiger partial charge < -0.3 is 60.0 Å². The molecule has 0 aromatic rings. The first-order valence-corrected chi connectivity index (χ1v) is 2.45. The van der Waals surface area contributed by atoms with Crippen molar-refractivity contribution < 1.29 is 137 Å². The zero-order chi connectivity index (χ0) is 14.3. The van der Waals surface area contributed by atoms with Crippen LogP contribution in [0.2, 0.25) is 0 Å². The molecule has 0 aliphatic rings. The molecule has 0 fully saturated rings. The Labute approximate surface area is 196 Å². The van der Waals surface area contributed by atoms with Gasteiger partial charge in [-0.2, -0.15) is 0 Å². The molecule has 0 atom stereocenters. The van der Waals surface area contributed by atoms with Gasteiger partial charge in [-0.1, -0.05) is 0 Å². The third kappa shape index (κ3) is 6510. The van der Waals surface area contributed by atoms with E-state index in [0.717, 1.165) is 0 Å². The summed E-state index contributed by atoms with van der Waals surface area (Å²) < 4.78 is 0. The van der Waals surface area contributed by atoms with Gasteiger partial charge in [-0.15, -0.1) is 0 Å². The molecule has 0 heterocycles. The van der Waals surface area contributed by atoms with Gasteiger partial charge in [0.05, 0.1) is 0 Å². The van der Waals surface area contributed by atoms with E-state index in [1.165, 1.54) is 0 Å². The molecule has 0 amide bonds. The van der Waals surface area contributed by atoms with Crippen LogP contribution >= 0.6 is 0 Å². The van der Waals surface area contributed by atoms with Crippen LogP contribution in [0.4, 0.5) is 19.2 Å². The average molecular weight is 559 g/mol. The molecule has 0 aromatic heterocycles. The van der Waals surface area contributed by atoms with Crippen LogP contribution in [0.15, 0.2) is 0 Å². The van der Waals surface area contributed by atoms with Crippen molar-refractivity contribution in [1.29, 1.82) is 0 Å². The largest absolute Gasteiger partial charge is 3.00 e. The summed E-state index contributed by atoms with van der Waals surface area (Å²) in [5, 5.41) is 66.7. The van der Waals surface area contributed by atoms with Crippen molar-refractivity contribution in [3.63, 3.8) is 0 Å². The van der Waals surface area contributed by atoms with Crippen LogP contribution in [-0.2, 0) is 0 Å². The Kier molecular flexibility index (Phi) is 81.8. The monoisotopic (exact) mass is 559 g/mol. The van der Waals surface area contributed by atoms with Crippen molar-refractivity contribution in [1.82, 2.24) is 0 Å². The minimum atomic E-state index is -2.33. The molecule has 0 aromatic carbocycles. The summed E-state index contributed by atoms with van der Waals surface area (Å²) >= 11 is 0. The standard InChI is InChI=1S/4CH2O3.Ca.Ce.La/c4*2-1(3)4;;;/h4*(H2,2,3,4);;;/q;;;;+2;2*+3/p-8. The molecule has 0 unspecified atom stereocenters. The molecular weight excluding hydrogens is 559 g/mol. The smallest absolute Gasteiger partial charge is 0.652 e. The predicted octanol–water partition coefficient (Wildman–Crippen LogP) is -10.2. The quantitative estimate of drug-likeness (QED) is 0.251. The van der Waals surface area contributed by atoms with E-state index in [-0.39, 0.29) is 115 Å². The molecule has 0 aliphatic heterocycles. The second-order valence-electron chi connectivity index (χ2n) is 1.00. The summed E-state index contributed by atoms with van der Waals surface area (Å²) in [6, 6.07) is 0. The summed E-state index contributed by atoms with van der Waals surface area (Å²) in [7, 11) is 0. The first-order valence-electron chi connectivity index (χ1n) is 2.45. The van der Waals surface area contributed by atoms with Crippen LogP contribution in [0, 0.1) is 77.3 Å². The number of hydrogen-bond acceptors (Lipinski definition) is 12. The van der Waals surface area contributed by atoms with Crippen LogP contribution in [0.5, 0.6) is 0 Å². The summed E-state index contributed by atoms with van der Waals surface area (Å²) in [4.78, 5) is 33.3. The topological polar surface area (TPSA) is 253 Å². The van der Waals surface area contributed by atoms with E-state index in [2.05, 4.69) is 0 Å². The van der Waals surface area contributed by atoms with E-state index in [9.17, 15) is 0 Å². The van der Waals surface area contributed by atoms with E-state index >= 15 is 0 Å². The summed E-state index contributed by atoms with van der Waals surface area (Å²) in [5.74, 6) is 0. The van der Waals surface area contributed by atoms with Crippen LogP contribution < -0.4 is 40.9 Å². The van der Waals surface area contributed by atoms with Gasteiger partial charge in [-0.3, -0.25) is 0 Å². The molecule has 0 saturated heterocycles. The number of carbonyl (C=O) groups excluding carboxylic acids is 4. The molecule has 0 aliphatic carbocycles. The van der Waals surface area contributed by atoms with Gasteiger partial charge >= 0.3 is 115 Å². The van der Waals surface area contributed by atoms with E-state index < -0.39 is 24.6 Å². The minimum absolute atomic E-state index is 0. The molecule has 0 N–H and O–H groups in total. The first-order chi connectivity index (χ1) is 6.93. The maximum atomic E-state index is 8.33. The molecule has 12 nitrogen and oxygen atoms in total. The summed E-state index contributed by atoms with van der Waals surface area (Å²) in [6.07, 6.45) is -9.33. The van der Waals surface area contributed by atoms with Crippen LogP contribution in [0.3, 0.4) is 0 Å². The first kappa shape index (κ1) is 42.7. The van der Waals surface area contributed by atoms with Gasteiger partial charge in [0.25, 0.3) is 0 Å². The zero-order valence-corrected chi connectivity index (χ0v) is 17.7. The maximum Gasteiger partial charge on any atom is 3.00 e. The third-order valence-corrected chi connectivity index (χ3v) is 0. The van der Waals surface area contributed by atoms with Gasteiger partial charge in [0.2, 0.25) is 0 Å². The van der Waals surface area contributed by atoms with Crippen LogP contribution in [-0.4, -0.2) is 62.4 Å². The molecule has 0 saturated carbocycles. The Morgan fingerprint density at radius 1 is 0.474 bits per heavy atom. The fourth-order valence-electron chi connectivity index (χ4n) is 0. The Bertz CT molecular complexity index is 170. The van der Waals surface area contributed by atoms with Gasteiger partial charge in [0, 0.05) is 0 Å². The van der Waals surface area contributed by atoms with E-state index in [0.29, 0.717) is 0 Å². The number of hydrogen-bond donors (Lipinski definition) is 0. The van der Waals surface area contributed by atoms with Crippen molar-refractivity contribution in [3.05, 3.63) is 0 Å². The second kappa shape index (κ2) is 36.4. The van der Waals surface area contributed by atoms with E-state index in [1.54, 1.807) is 0 Å². The zero-order valence-electron chi connectivity index (χ0n) is 8.68. The molecule has 1 radical (unpaired) electrons. The van der Waals surface area contributed by atoms with Crippen LogP contribution in [0.25, 0.3) is 0 Å². The maximum absolute atomic E-state index is 8.33. The number of carboxylic acid groups (broad SMARTS) is 8. The van der Waals surface area contributed by atoms with Crippen molar-refractivity contribution in [2.45, 2.75) is 0 Å². The van der Waals surface area contributed by atoms with Crippen molar-refractivity contribution in [2.24, 2.45) is 0 Å². The second-order valence-corrected chi connectivity index (χ2v) is 1.00. The molecule has 19 heavy (non-hydrogen) atoms. The van der Waals surface area contributed by atoms with E-state index in [1.807, 2.05) is 0 Å². The molecule has 97 valence electrons. The van der Waals surface area contributed by atoms with Crippen LogP contribution in [0.1, 0.15) is 0 Å². The number of rotatable bonds is 0. The van der Waals surface area contributed by atoms with Gasteiger partial charge in [-0.05, 0) is 24.6 Å². The average Bonchev–Trinajstić information content (AvgIpc) is 1.76. The van der Waals surface area contributed by atoms with Gasteiger partial charge in [-0.25, -0.2) is 0 Å². The fourth-order valence-corrected chi connectivity index (χ4v) is 0. The van der Waals surface area contributed by atoms with Crippen molar-refractivity contribution >= 4 is 62.4 Å². The minimum Gasteiger partial charge on any atom is -0.652 e. The summed E-state index contributed by atoms with van der Waals surface area (Å²) in [5.41, 5.74) is 0. The predicted molar refractivity (Wildman–Crippen MR) is 27.3 cm³/mol. The SMILES string of the molecule is O=C([O-])[O-].O=C([O-])[O-].O=C([O-])[O-].O=C([O-])[O-].[Ca+2].[Ce+3].[La+3]. The molecule has 15 heteroatoms. The Hall–Kier alpha value is 0.911. The molecular formula is C4CaCeLaO12. The van der Waals surface area contributed by atoms with Gasteiger partial charge in [0.1, 0.15) is 0 Å². The number of carbonyl (C=O) groups is 4. The molecule has 0 bridgehead atoms. The molecule has 0 spiro atoms. The van der Waals surface area contributed by atoms with E-state index in [4.69, 9.17) is 60.0 Å². The fraction of sp³-hybridized carbons (Fsp3) is 0. The normalized spacial score (nSPS) is 5.05. The summed E-state index contributed by atoms with van der Waals surface area (Å²) in [6.45, 7) is 0. The Morgan fingerprint density at radius 3 is 0.474 bits per heavy atom. The molecule has 0 rings (SSSR count). The van der Waals surface area contributed by atoms with Crippen molar-refractivity contribution in [2.75, 3.05) is 0 Å². The Balaban J connectivity index is -0.0000000192. The third-order valence-electron chi connectivity index (χ3n) is 0.